The maximum Gasteiger partial charge on any atom is 0.243 e. The molecule has 1 atom stereocenters. The molecule has 6 nitrogen and oxygen atoms in total. The van der Waals surface area contributed by atoms with Gasteiger partial charge in [0.15, 0.2) is 5.82 Å². The van der Waals surface area contributed by atoms with Gasteiger partial charge in [-0.05, 0) is 33.5 Å². The van der Waals surface area contributed by atoms with Crippen molar-refractivity contribution < 1.29 is 4.52 Å². The Morgan fingerprint density at radius 3 is 2.68 bits per heavy atom. The van der Waals surface area contributed by atoms with Gasteiger partial charge in [0.25, 0.3) is 0 Å². The summed E-state index contributed by atoms with van der Waals surface area (Å²) in [6.07, 6.45) is 5.87. The predicted molar refractivity (Wildman–Crippen MR) is 85.8 cm³/mol. The van der Waals surface area contributed by atoms with Crippen LogP contribution in [0.1, 0.15) is 43.4 Å². The first-order chi connectivity index (χ1) is 10.7. The first kappa shape index (κ1) is 15.9. The topological polar surface area (TPSA) is 48.6 Å². The molecule has 22 heavy (non-hydrogen) atoms. The average Bonchev–Trinajstić information content (AvgIpc) is 2.88. The first-order valence-corrected chi connectivity index (χ1v) is 8.66. The lowest BCUT2D eigenvalue weighted by Crippen LogP contribution is -2.45. The fraction of sp³-hybridized carbons (Fsp3) is 0.875. The molecule has 1 unspecified atom stereocenters. The van der Waals surface area contributed by atoms with Crippen molar-refractivity contribution >= 4 is 0 Å². The van der Waals surface area contributed by atoms with Crippen LogP contribution < -0.4 is 0 Å². The van der Waals surface area contributed by atoms with Crippen LogP contribution in [0.4, 0.5) is 0 Å². The third-order valence-corrected chi connectivity index (χ3v) is 5.04. The van der Waals surface area contributed by atoms with Gasteiger partial charge in [-0.3, -0.25) is 4.90 Å². The highest BCUT2D eigenvalue weighted by atomic mass is 16.5. The van der Waals surface area contributed by atoms with Gasteiger partial charge in [-0.2, -0.15) is 4.98 Å². The Morgan fingerprint density at radius 2 is 1.86 bits per heavy atom. The van der Waals surface area contributed by atoms with Crippen molar-refractivity contribution in [3.05, 3.63) is 11.7 Å². The van der Waals surface area contributed by atoms with Crippen molar-refractivity contribution in [1.29, 1.82) is 0 Å². The summed E-state index contributed by atoms with van der Waals surface area (Å²) in [5.41, 5.74) is 0. The number of hydrogen-bond donors (Lipinski definition) is 0. The quantitative estimate of drug-likeness (QED) is 0.838. The van der Waals surface area contributed by atoms with Crippen molar-refractivity contribution in [1.82, 2.24) is 24.8 Å². The Kier molecular flexibility index (Phi) is 5.44. The first-order valence-electron chi connectivity index (χ1n) is 8.66. The predicted octanol–water partition coefficient (Wildman–Crippen LogP) is 1.41. The van der Waals surface area contributed by atoms with Crippen LogP contribution in [-0.4, -0.2) is 78.2 Å². The smallest absolute Gasteiger partial charge is 0.243 e. The van der Waals surface area contributed by atoms with Crippen molar-refractivity contribution in [2.45, 2.75) is 38.1 Å². The van der Waals surface area contributed by atoms with Crippen LogP contribution in [0.5, 0.6) is 0 Å². The minimum absolute atomic E-state index is 0.312. The lowest BCUT2D eigenvalue weighted by Gasteiger charge is -2.31. The number of hydrogen-bond acceptors (Lipinski definition) is 6. The van der Waals surface area contributed by atoms with Crippen LogP contribution in [0.25, 0.3) is 0 Å². The zero-order valence-corrected chi connectivity index (χ0v) is 14.0. The molecule has 2 aliphatic rings. The minimum atomic E-state index is 0.312. The normalized spacial score (nSPS) is 26.2. The van der Waals surface area contributed by atoms with Gasteiger partial charge >= 0.3 is 0 Å². The highest BCUT2D eigenvalue weighted by Crippen LogP contribution is 2.27. The number of aromatic nitrogens is 2. The van der Waals surface area contributed by atoms with Crippen molar-refractivity contribution in [3.8, 4) is 0 Å². The zero-order valence-electron chi connectivity index (χ0n) is 14.0. The molecule has 124 valence electrons. The van der Waals surface area contributed by atoms with E-state index >= 15 is 0 Å². The lowest BCUT2D eigenvalue weighted by molar-refractivity contribution is 0.154. The van der Waals surface area contributed by atoms with Crippen LogP contribution in [0.15, 0.2) is 4.52 Å². The number of likely N-dealkylation sites (tertiary alicyclic amines) is 1. The van der Waals surface area contributed by atoms with E-state index in [1.165, 1.54) is 19.3 Å². The van der Waals surface area contributed by atoms with Gasteiger partial charge in [-0.1, -0.05) is 18.0 Å². The van der Waals surface area contributed by atoms with E-state index in [4.69, 9.17) is 4.52 Å². The van der Waals surface area contributed by atoms with Crippen LogP contribution in [-0.2, 0) is 6.42 Å². The Morgan fingerprint density at radius 1 is 1.05 bits per heavy atom. The molecule has 1 aromatic rings. The molecule has 0 aromatic carbocycles. The molecule has 0 radical (unpaired) electrons. The Labute approximate surface area is 133 Å². The second kappa shape index (κ2) is 7.53. The summed E-state index contributed by atoms with van der Waals surface area (Å²) >= 11 is 0. The summed E-state index contributed by atoms with van der Waals surface area (Å²) < 4.78 is 5.56. The summed E-state index contributed by atoms with van der Waals surface area (Å²) in [4.78, 5) is 11.9. The molecule has 3 rings (SSSR count). The van der Waals surface area contributed by atoms with Gasteiger partial charge < -0.3 is 14.3 Å². The number of likely N-dealkylation sites (N-methyl/N-ethyl adjacent to an activating group) is 1. The molecule has 0 N–H and O–H groups in total. The highest BCUT2D eigenvalue weighted by molar-refractivity contribution is 4.95. The molecule has 3 heterocycles. The minimum Gasteiger partial charge on any atom is -0.338 e. The van der Waals surface area contributed by atoms with Crippen molar-refractivity contribution in [2.75, 3.05) is 53.4 Å². The number of rotatable bonds is 4. The van der Waals surface area contributed by atoms with Crippen LogP contribution in [0.3, 0.4) is 0 Å². The second-order valence-electron chi connectivity index (χ2n) is 6.79. The van der Waals surface area contributed by atoms with Crippen LogP contribution in [0, 0.1) is 0 Å². The third-order valence-electron chi connectivity index (χ3n) is 5.04. The molecular weight excluding hydrogens is 278 g/mol. The van der Waals surface area contributed by atoms with Gasteiger partial charge in [0.2, 0.25) is 5.89 Å². The summed E-state index contributed by atoms with van der Waals surface area (Å²) in [5, 5.41) is 4.21. The van der Waals surface area contributed by atoms with E-state index in [0.29, 0.717) is 6.04 Å². The average molecular weight is 307 g/mol. The third kappa shape index (κ3) is 4.06. The van der Waals surface area contributed by atoms with E-state index < -0.39 is 0 Å². The monoisotopic (exact) mass is 307 g/mol. The largest absolute Gasteiger partial charge is 0.338 e. The number of nitrogens with zero attached hydrogens (tertiary/aromatic N) is 5. The molecule has 1 aromatic heterocycles. The summed E-state index contributed by atoms with van der Waals surface area (Å²) in [5.74, 6) is 1.68. The molecule has 0 saturated carbocycles. The van der Waals surface area contributed by atoms with E-state index in [1.54, 1.807) is 0 Å². The number of piperazine rings is 1. The fourth-order valence-electron chi connectivity index (χ4n) is 3.40. The van der Waals surface area contributed by atoms with Gasteiger partial charge in [-0.15, -0.1) is 0 Å². The summed E-state index contributed by atoms with van der Waals surface area (Å²) in [6.45, 7) is 6.77. The van der Waals surface area contributed by atoms with Crippen molar-refractivity contribution in [2.24, 2.45) is 0 Å². The van der Waals surface area contributed by atoms with Crippen LogP contribution >= 0.6 is 0 Å². The fourth-order valence-corrected chi connectivity index (χ4v) is 3.40. The van der Waals surface area contributed by atoms with Crippen molar-refractivity contribution in [3.63, 3.8) is 0 Å². The molecule has 0 spiro atoms. The Balaban J connectivity index is 1.52. The van der Waals surface area contributed by atoms with E-state index in [9.17, 15) is 0 Å². The van der Waals surface area contributed by atoms with Crippen LogP contribution in [0.2, 0.25) is 0 Å². The Bertz CT molecular complexity index is 455. The molecule has 2 saturated heterocycles. The standard InChI is InChI=1S/C16H29N5O/c1-19-10-12-21(13-11-19)9-7-15-17-16(22-18-15)14-6-4-3-5-8-20(14)2/h14H,3-13H2,1-2H3. The molecule has 0 aliphatic carbocycles. The highest BCUT2D eigenvalue weighted by Gasteiger charge is 2.25. The maximum atomic E-state index is 5.56. The van der Waals surface area contributed by atoms with E-state index in [2.05, 4.69) is 38.9 Å². The van der Waals surface area contributed by atoms with Gasteiger partial charge in [-0.25, -0.2) is 0 Å². The van der Waals surface area contributed by atoms with Gasteiger partial charge in [0.1, 0.15) is 0 Å². The van der Waals surface area contributed by atoms with Gasteiger partial charge in [0, 0.05) is 39.1 Å². The van der Waals surface area contributed by atoms with E-state index in [0.717, 1.165) is 63.8 Å². The molecule has 0 amide bonds. The molecule has 2 aliphatic heterocycles. The maximum absolute atomic E-state index is 5.56. The lowest BCUT2D eigenvalue weighted by atomic mass is 10.1. The molecule has 2 fully saturated rings. The zero-order chi connectivity index (χ0) is 15.4. The summed E-state index contributed by atoms with van der Waals surface area (Å²) in [6, 6.07) is 0.312. The SMILES string of the molecule is CN1CCN(CCc2noc(C3CCCCCN3C)n2)CC1. The molecule has 0 bridgehead atoms. The molecule has 6 heteroatoms. The molecular formula is C16H29N5O. The summed E-state index contributed by atoms with van der Waals surface area (Å²) in [7, 11) is 4.36. The van der Waals surface area contributed by atoms with E-state index in [-0.39, 0.29) is 0 Å². The second-order valence-corrected chi connectivity index (χ2v) is 6.79. The Hall–Kier alpha value is -0.980. The van der Waals surface area contributed by atoms with E-state index in [1.807, 2.05) is 0 Å². The van der Waals surface area contributed by atoms with Gasteiger partial charge in [0.05, 0.1) is 6.04 Å².